The highest BCUT2D eigenvalue weighted by Crippen LogP contribution is 2.07. The quantitative estimate of drug-likeness (QED) is 0.165. The van der Waals surface area contributed by atoms with E-state index < -0.39 is 11.9 Å². The van der Waals surface area contributed by atoms with Gasteiger partial charge >= 0.3 is 11.9 Å². The van der Waals surface area contributed by atoms with E-state index in [0.29, 0.717) is 52.9 Å². The minimum Gasteiger partial charge on any atom is -0.478 e. The molecule has 0 aliphatic rings. The van der Waals surface area contributed by atoms with E-state index in [1.807, 2.05) is 0 Å². The molecule has 0 spiro atoms. The van der Waals surface area contributed by atoms with E-state index >= 15 is 0 Å². The van der Waals surface area contributed by atoms with Crippen molar-refractivity contribution in [3.05, 3.63) is 35.4 Å². The molecule has 12 heteroatoms. The molecule has 0 aromatic heterocycles. The maximum atomic E-state index is 10.5. The lowest BCUT2D eigenvalue weighted by atomic mass is 10.1. The number of rotatable bonds is 16. The van der Waals surface area contributed by atoms with Crippen molar-refractivity contribution in [1.29, 1.82) is 0 Å². The van der Waals surface area contributed by atoms with Gasteiger partial charge in [0.25, 0.3) is 0 Å². The molecule has 0 heterocycles. The Morgan fingerprint density at radius 2 is 0.781 bits per heavy atom. The fraction of sp³-hybridized carbons (Fsp3) is 0.600. The second-order valence-corrected chi connectivity index (χ2v) is 5.50. The van der Waals surface area contributed by atoms with Gasteiger partial charge in [-0.2, -0.15) is 0 Å². The van der Waals surface area contributed by atoms with Gasteiger partial charge in [-0.1, -0.05) is 12.1 Å². The van der Waals surface area contributed by atoms with Crippen LogP contribution in [0.3, 0.4) is 0 Å². The van der Waals surface area contributed by atoms with Crippen LogP contribution >= 0.6 is 0 Å². The van der Waals surface area contributed by atoms with Gasteiger partial charge in [-0.05, 0) is 12.1 Å². The van der Waals surface area contributed by atoms with Crippen molar-refractivity contribution in [3.63, 3.8) is 0 Å². The SMILES string of the molecule is O=C(O)c1ccccc1C(=O)O.OCCOCCOCCO.OCCOCCOCCO. The Morgan fingerprint density at radius 3 is 0.969 bits per heavy atom. The van der Waals surface area contributed by atoms with Crippen molar-refractivity contribution in [1.82, 2.24) is 0 Å². The molecule has 0 saturated heterocycles. The van der Waals surface area contributed by atoms with Crippen LogP contribution < -0.4 is 0 Å². The second-order valence-electron chi connectivity index (χ2n) is 5.50. The van der Waals surface area contributed by atoms with Gasteiger partial charge in [0, 0.05) is 0 Å². The zero-order chi connectivity index (χ0) is 24.5. The summed E-state index contributed by atoms with van der Waals surface area (Å²) in [7, 11) is 0. The largest absolute Gasteiger partial charge is 0.478 e. The Kier molecular flexibility index (Phi) is 25.1. The molecule has 0 aliphatic heterocycles. The second kappa shape index (κ2) is 25.1. The van der Waals surface area contributed by atoms with E-state index in [2.05, 4.69) is 0 Å². The van der Waals surface area contributed by atoms with Crippen LogP contribution in [-0.2, 0) is 18.9 Å². The molecule has 0 saturated carbocycles. The predicted molar refractivity (Wildman–Crippen MR) is 112 cm³/mol. The first kappa shape index (κ1) is 32.0. The van der Waals surface area contributed by atoms with Crippen LogP contribution in [0.1, 0.15) is 20.7 Å². The average Bonchev–Trinajstić information content (AvgIpc) is 2.79. The number of hydrogen-bond donors (Lipinski definition) is 6. The number of hydrogen-bond acceptors (Lipinski definition) is 10. The molecule has 0 unspecified atom stereocenters. The van der Waals surface area contributed by atoms with E-state index in [4.69, 9.17) is 49.6 Å². The zero-order valence-corrected chi connectivity index (χ0v) is 17.9. The average molecular weight is 466 g/mol. The molecule has 0 radical (unpaired) electrons. The van der Waals surface area contributed by atoms with Crippen molar-refractivity contribution in [2.75, 3.05) is 79.3 Å². The molecule has 0 bridgehead atoms. The standard InChI is InChI=1S/C8H6O4.2C6H14O4/c9-7(10)5-3-1-2-4-6(5)8(11)12;2*7-1-3-9-5-6-10-4-2-8/h1-4H,(H,9,10)(H,11,12);2*7-8H,1-6H2. The summed E-state index contributed by atoms with van der Waals surface area (Å²) < 4.78 is 19.5. The topological polar surface area (TPSA) is 192 Å². The number of benzene rings is 1. The maximum absolute atomic E-state index is 10.5. The monoisotopic (exact) mass is 466 g/mol. The first-order valence-electron chi connectivity index (χ1n) is 9.76. The summed E-state index contributed by atoms with van der Waals surface area (Å²) in [6, 6.07) is 5.48. The van der Waals surface area contributed by atoms with Gasteiger partial charge in [0.2, 0.25) is 0 Å². The third-order valence-electron chi connectivity index (χ3n) is 3.07. The minimum absolute atomic E-state index is 0.0417. The Morgan fingerprint density at radius 1 is 0.531 bits per heavy atom. The third-order valence-corrected chi connectivity index (χ3v) is 3.07. The number of aromatic carboxylic acids is 2. The molecule has 32 heavy (non-hydrogen) atoms. The van der Waals surface area contributed by atoms with Crippen molar-refractivity contribution < 1.29 is 59.2 Å². The molecule has 6 N–H and O–H groups in total. The van der Waals surface area contributed by atoms with Crippen LogP contribution in [0, 0.1) is 0 Å². The van der Waals surface area contributed by atoms with Crippen molar-refractivity contribution in [3.8, 4) is 0 Å². The predicted octanol–water partition coefficient (Wildman–Crippen LogP) is -0.909. The Labute approximate surface area is 186 Å². The normalized spacial score (nSPS) is 9.88. The highest BCUT2D eigenvalue weighted by atomic mass is 16.5. The molecule has 12 nitrogen and oxygen atoms in total. The van der Waals surface area contributed by atoms with Crippen molar-refractivity contribution in [2.24, 2.45) is 0 Å². The van der Waals surface area contributed by atoms with Crippen LogP contribution in [0.5, 0.6) is 0 Å². The fourth-order valence-corrected chi connectivity index (χ4v) is 1.76. The molecule has 1 rings (SSSR count). The Balaban J connectivity index is 0. The molecule has 0 atom stereocenters. The molecule has 0 amide bonds. The van der Waals surface area contributed by atoms with Gasteiger partial charge in [0.1, 0.15) is 0 Å². The number of carboxylic acids is 2. The van der Waals surface area contributed by atoms with E-state index in [9.17, 15) is 9.59 Å². The number of ether oxygens (including phenoxy) is 4. The zero-order valence-electron chi connectivity index (χ0n) is 17.9. The van der Waals surface area contributed by atoms with Gasteiger partial charge in [0.05, 0.1) is 90.4 Å². The number of carbonyl (C=O) groups is 2. The van der Waals surface area contributed by atoms with E-state index in [-0.39, 0.29) is 37.6 Å². The molecule has 1 aromatic carbocycles. The van der Waals surface area contributed by atoms with Gasteiger partial charge in [-0.25, -0.2) is 9.59 Å². The third kappa shape index (κ3) is 21.1. The summed E-state index contributed by atoms with van der Waals surface area (Å²) in [5.41, 5.74) is -0.380. The van der Waals surface area contributed by atoms with Gasteiger partial charge in [0.15, 0.2) is 0 Å². The molecule has 1 aromatic rings. The molecule has 0 aliphatic carbocycles. The minimum atomic E-state index is -1.23. The van der Waals surface area contributed by atoms with Gasteiger partial charge < -0.3 is 49.6 Å². The van der Waals surface area contributed by atoms with Crippen LogP contribution in [-0.4, -0.2) is 122 Å². The molecular weight excluding hydrogens is 432 g/mol. The van der Waals surface area contributed by atoms with Crippen LogP contribution in [0.15, 0.2) is 24.3 Å². The lowest BCUT2D eigenvalue weighted by molar-refractivity contribution is 0.0222. The van der Waals surface area contributed by atoms with Crippen LogP contribution in [0.2, 0.25) is 0 Å². The highest BCUT2D eigenvalue weighted by molar-refractivity contribution is 6.01. The Bertz CT molecular complexity index is 502. The fourth-order valence-electron chi connectivity index (χ4n) is 1.76. The Hall–Kier alpha value is -2.16. The van der Waals surface area contributed by atoms with Gasteiger partial charge in [-0.3, -0.25) is 0 Å². The molecular formula is C20H34O12. The smallest absolute Gasteiger partial charge is 0.336 e. The van der Waals surface area contributed by atoms with E-state index in [1.54, 1.807) is 0 Å². The summed E-state index contributed by atoms with van der Waals surface area (Å²) in [4.78, 5) is 20.9. The van der Waals surface area contributed by atoms with E-state index in [0.717, 1.165) is 0 Å². The first-order valence-corrected chi connectivity index (χ1v) is 9.76. The van der Waals surface area contributed by atoms with E-state index in [1.165, 1.54) is 24.3 Å². The maximum Gasteiger partial charge on any atom is 0.336 e. The number of carboxylic acid groups (broad SMARTS) is 2. The number of aliphatic hydroxyl groups is 4. The lowest BCUT2D eigenvalue weighted by Gasteiger charge is -2.01. The highest BCUT2D eigenvalue weighted by Gasteiger charge is 2.13. The van der Waals surface area contributed by atoms with Gasteiger partial charge in [-0.15, -0.1) is 0 Å². The molecule has 186 valence electrons. The summed E-state index contributed by atoms with van der Waals surface area (Å²) in [5.74, 6) is -2.46. The first-order chi connectivity index (χ1) is 15.5. The summed E-state index contributed by atoms with van der Waals surface area (Å²) in [6.07, 6.45) is 0. The summed E-state index contributed by atoms with van der Waals surface area (Å²) in [6.45, 7) is 3.46. The van der Waals surface area contributed by atoms with Crippen LogP contribution in [0.4, 0.5) is 0 Å². The van der Waals surface area contributed by atoms with Crippen molar-refractivity contribution >= 4 is 11.9 Å². The van der Waals surface area contributed by atoms with Crippen molar-refractivity contribution in [2.45, 2.75) is 0 Å². The lowest BCUT2D eigenvalue weighted by Crippen LogP contribution is -2.09. The van der Waals surface area contributed by atoms with Crippen LogP contribution in [0.25, 0.3) is 0 Å². The molecule has 0 fully saturated rings. The summed E-state index contributed by atoms with van der Waals surface area (Å²) >= 11 is 0. The number of aliphatic hydroxyl groups excluding tert-OH is 4. The summed E-state index contributed by atoms with van der Waals surface area (Å²) in [5, 5.41) is 50.2.